The molecule has 0 bridgehead atoms. The molecule has 3 N–H and O–H groups in total. The molecule has 2 atom stereocenters. The van der Waals surface area contributed by atoms with Gasteiger partial charge in [0, 0.05) is 11.1 Å². The molecule has 106 valence electrons. The van der Waals surface area contributed by atoms with Crippen molar-refractivity contribution in [2.24, 2.45) is 5.73 Å². The number of carboxylic acids is 1. The molecule has 0 radical (unpaired) electrons. The topological polar surface area (TPSA) is 72.5 Å². The lowest BCUT2D eigenvalue weighted by molar-refractivity contribution is -0.145. The van der Waals surface area contributed by atoms with Crippen molar-refractivity contribution < 1.29 is 14.6 Å². The molecule has 0 aliphatic carbocycles. The summed E-state index contributed by atoms with van der Waals surface area (Å²) in [7, 11) is 0. The van der Waals surface area contributed by atoms with Gasteiger partial charge in [0.25, 0.3) is 0 Å². The maximum Gasteiger partial charge on any atom is 0.344 e. The van der Waals surface area contributed by atoms with E-state index in [2.05, 4.69) is 0 Å². The highest BCUT2D eigenvalue weighted by Gasteiger charge is 2.21. The van der Waals surface area contributed by atoms with Crippen molar-refractivity contribution >= 4 is 29.2 Å². The van der Waals surface area contributed by atoms with Crippen LogP contribution in [0.1, 0.15) is 25.8 Å². The predicted molar refractivity (Wildman–Crippen MR) is 76.2 cm³/mol. The number of nitrogens with two attached hydrogens (primary N) is 1. The molecule has 1 rings (SSSR count). The van der Waals surface area contributed by atoms with Gasteiger partial charge < -0.3 is 15.6 Å². The highest BCUT2D eigenvalue weighted by Crippen LogP contribution is 2.34. The van der Waals surface area contributed by atoms with Crippen LogP contribution in [0.15, 0.2) is 12.1 Å². The first-order valence-electron chi connectivity index (χ1n) is 5.98. The van der Waals surface area contributed by atoms with Gasteiger partial charge in [-0.05, 0) is 37.5 Å². The third kappa shape index (κ3) is 4.56. The largest absolute Gasteiger partial charge is 0.479 e. The monoisotopic (exact) mass is 305 g/mol. The third-order valence-electron chi connectivity index (χ3n) is 2.53. The molecule has 0 heterocycles. The highest BCUT2D eigenvalue weighted by atomic mass is 35.5. The SMILES string of the molecule is CCC(Oc1c(Cl)cc(Cl)cc1CC(C)N)C(=O)O. The zero-order valence-corrected chi connectivity index (χ0v) is 12.3. The number of ether oxygens (including phenoxy) is 1. The van der Waals surface area contributed by atoms with Gasteiger partial charge in [0.1, 0.15) is 5.75 Å². The van der Waals surface area contributed by atoms with Crippen molar-refractivity contribution in [3.05, 3.63) is 27.7 Å². The van der Waals surface area contributed by atoms with Crippen LogP contribution in [0.3, 0.4) is 0 Å². The highest BCUT2D eigenvalue weighted by molar-refractivity contribution is 6.35. The Labute approximate surface area is 122 Å². The molecule has 0 saturated carbocycles. The smallest absolute Gasteiger partial charge is 0.344 e. The molecule has 0 amide bonds. The zero-order chi connectivity index (χ0) is 14.6. The lowest BCUT2D eigenvalue weighted by atomic mass is 10.1. The number of hydrogen-bond donors (Lipinski definition) is 2. The van der Waals surface area contributed by atoms with E-state index in [1.807, 2.05) is 6.92 Å². The number of aliphatic carboxylic acids is 1. The minimum atomic E-state index is -1.03. The quantitative estimate of drug-likeness (QED) is 0.847. The van der Waals surface area contributed by atoms with Gasteiger partial charge in [-0.1, -0.05) is 30.1 Å². The molecule has 6 heteroatoms. The van der Waals surface area contributed by atoms with Gasteiger partial charge in [-0.3, -0.25) is 0 Å². The first-order chi connectivity index (χ1) is 8.85. The van der Waals surface area contributed by atoms with Gasteiger partial charge in [0.2, 0.25) is 0 Å². The fraction of sp³-hybridized carbons (Fsp3) is 0.462. The molecule has 19 heavy (non-hydrogen) atoms. The molecule has 0 saturated heterocycles. The first-order valence-corrected chi connectivity index (χ1v) is 6.73. The van der Waals surface area contributed by atoms with Gasteiger partial charge in [0.05, 0.1) is 5.02 Å². The van der Waals surface area contributed by atoms with Gasteiger partial charge in [-0.2, -0.15) is 0 Å². The second-order valence-electron chi connectivity index (χ2n) is 4.41. The predicted octanol–water partition coefficient (Wildman–Crippen LogP) is 3.13. The van der Waals surface area contributed by atoms with Gasteiger partial charge in [-0.25, -0.2) is 4.79 Å². The normalized spacial score (nSPS) is 13.9. The summed E-state index contributed by atoms with van der Waals surface area (Å²) in [5, 5.41) is 9.80. The number of halogens is 2. The Kier molecular flexibility index (Phi) is 5.91. The van der Waals surface area contributed by atoms with Gasteiger partial charge in [-0.15, -0.1) is 0 Å². The minimum absolute atomic E-state index is 0.109. The second-order valence-corrected chi connectivity index (χ2v) is 5.25. The molecule has 2 unspecified atom stereocenters. The van der Waals surface area contributed by atoms with Crippen molar-refractivity contribution in [2.75, 3.05) is 0 Å². The summed E-state index contributed by atoms with van der Waals surface area (Å²) in [4.78, 5) is 11.0. The standard InChI is InChI=1S/C13H17Cl2NO3/c1-3-11(13(17)18)19-12-8(4-7(2)16)5-9(14)6-10(12)15/h5-7,11H,3-4,16H2,1-2H3,(H,17,18). The van der Waals surface area contributed by atoms with E-state index in [0.29, 0.717) is 34.2 Å². The van der Waals surface area contributed by atoms with Crippen LogP contribution in [0.4, 0.5) is 0 Å². The van der Waals surface area contributed by atoms with Crippen LogP contribution < -0.4 is 10.5 Å². The van der Waals surface area contributed by atoms with E-state index in [-0.39, 0.29) is 6.04 Å². The maximum atomic E-state index is 11.0. The minimum Gasteiger partial charge on any atom is -0.479 e. The van der Waals surface area contributed by atoms with E-state index in [0.717, 1.165) is 0 Å². The molecule has 4 nitrogen and oxygen atoms in total. The molecule has 1 aromatic carbocycles. The van der Waals surface area contributed by atoms with Gasteiger partial charge >= 0.3 is 5.97 Å². The fourth-order valence-corrected chi connectivity index (χ4v) is 2.27. The summed E-state index contributed by atoms with van der Waals surface area (Å²) in [6, 6.07) is 3.11. The summed E-state index contributed by atoms with van der Waals surface area (Å²) in [6.07, 6.45) is -0.0945. The van der Waals surface area contributed by atoms with E-state index < -0.39 is 12.1 Å². The molecular formula is C13H17Cl2NO3. The average molecular weight is 306 g/mol. The maximum absolute atomic E-state index is 11.0. The lowest BCUT2D eigenvalue weighted by Gasteiger charge is -2.19. The number of rotatable bonds is 6. The number of carboxylic acid groups (broad SMARTS) is 1. The van der Waals surface area contributed by atoms with Crippen LogP contribution >= 0.6 is 23.2 Å². The average Bonchev–Trinajstić information content (AvgIpc) is 2.26. The summed E-state index contributed by atoms with van der Waals surface area (Å²) in [5.41, 5.74) is 6.47. The van der Waals surface area contributed by atoms with Crippen LogP contribution in [0.5, 0.6) is 5.75 Å². The number of hydrogen-bond acceptors (Lipinski definition) is 3. The van der Waals surface area contributed by atoms with Crippen molar-refractivity contribution in [3.63, 3.8) is 0 Å². The van der Waals surface area contributed by atoms with Crippen LogP contribution in [0.2, 0.25) is 10.0 Å². The first kappa shape index (κ1) is 16.1. The van der Waals surface area contributed by atoms with Crippen LogP contribution in [0, 0.1) is 0 Å². The summed E-state index contributed by atoms with van der Waals surface area (Å²) >= 11 is 12.0. The van der Waals surface area contributed by atoms with Crippen LogP contribution in [0.25, 0.3) is 0 Å². The van der Waals surface area contributed by atoms with E-state index >= 15 is 0 Å². The Hall–Kier alpha value is -0.970. The Morgan fingerprint density at radius 1 is 1.47 bits per heavy atom. The molecule has 0 aliphatic heterocycles. The van der Waals surface area contributed by atoms with Crippen molar-refractivity contribution in [3.8, 4) is 5.75 Å². The zero-order valence-electron chi connectivity index (χ0n) is 10.8. The van der Waals surface area contributed by atoms with E-state index in [9.17, 15) is 4.79 Å². The van der Waals surface area contributed by atoms with Crippen LogP contribution in [-0.2, 0) is 11.2 Å². The number of carbonyl (C=O) groups is 1. The van der Waals surface area contributed by atoms with Crippen molar-refractivity contribution in [1.82, 2.24) is 0 Å². The Balaban J connectivity index is 3.13. The Morgan fingerprint density at radius 2 is 2.11 bits per heavy atom. The fourth-order valence-electron chi connectivity index (χ4n) is 1.69. The molecule has 1 aromatic rings. The van der Waals surface area contributed by atoms with Crippen molar-refractivity contribution in [2.45, 2.75) is 38.8 Å². The second kappa shape index (κ2) is 6.98. The van der Waals surface area contributed by atoms with Crippen LogP contribution in [-0.4, -0.2) is 23.2 Å². The molecule has 0 spiro atoms. The van der Waals surface area contributed by atoms with E-state index in [4.69, 9.17) is 38.8 Å². The molecule has 0 aromatic heterocycles. The lowest BCUT2D eigenvalue weighted by Crippen LogP contribution is -2.27. The third-order valence-corrected chi connectivity index (χ3v) is 3.03. The molecule has 0 fully saturated rings. The summed E-state index contributed by atoms with van der Waals surface area (Å²) < 4.78 is 5.50. The summed E-state index contributed by atoms with van der Waals surface area (Å²) in [5.74, 6) is -0.683. The summed E-state index contributed by atoms with van der Waals surface area (Å²) in [6.45, 7) is 3.57. The van der Waals surface area contributed by atoms with E-state index in [1.54, 1.807) is 13.0 Å². The Morgan fingerprint density at radius 3 is 2.58 bits per heavy atom. The Bertz CT molecular complexity index is 463. The van der Waals surface area contributed by atoms with E-state index in [1.165, 1.54) is 6.07 Å². The van der Waals surface area contributed by atoms with Crippen molar-refractivity contribution in [1.29, 1.82) is 0 Å². The number of benzene rings is 1. The molecule has 0 aliphatic rings. The van der Waals surface area contributed by atoms with Gasteiger partial charge in [0.15, 0.2) is 6.10 Å². The molecular weight excluding hydrogens is 289 g/mol.